The molecule has 1 aliphatic carbocycles. The topological polar surface area (TPSA) is 48.5 Å². The number of piperazine rings is 1. The standard InChI is InChI=1S/C18H20F2N4OS/c19-13-3-4-14(20)15(11-13)23-6-8-24(9-7-23)18(25)22-16(12-1-2-12)17-21-5-10-26-17/h3-5,10-12,16H,1-2,6-9H2,(H,22,25). The molecule has 8 heteroatoms. The van der Waals surface area contributed by atoms with Crippen molar-refractivity contribution in [3.05, 3.63) is 46.4 Å². The van der Waals surface area contributed by atoms with Gasteiger partial charge in [0.15, 0.2) is 0 Å². The number of benzene rings is 1. The summed E-state index contributed by atoms with van der Waals surface area (Å²) in [4.78, 5) is 20.5. The maximum atomic E-state index is 13.9. The van der Waals surface area contributed by atoms with Gasteiger partial charge in [-0.2, -0.15) is 0 Å². The van der Waals surface area contributed by atoms with Crippen molar-refractivity contribution in [1.82, 2.24) is 15.2 Å². The van der Waals surface area contributed by atoms with E-state index in [1.165, 1.54) is 6.07 Å². The van der Waals surface area contributed by atoms with Crippen molar-refractivity contribution in [1.29, 1.82) is 0 Å². The summed E-state index contributed by atoms with van der Waals surface area (Å²) in [6.07, 6.45) is 3.97. The monoisotopic (exact) mass is 378 g/mol. The molecule has 2 amide bonds. The zero-order valence-electron chi connectivity index (χ0n) is 14.2. The van der Waals surface area contributed by atoms with E-state index in [0.717, 1.165) is 30.0 Å². The Morgan fingerprint density at radius 2 is 2.00 bits per heavy atom. The summed E-state index contributed by atoms with van der Waals surface area (Å²) in [5, 5.41) is 5.97. The van der Waals surface area contributed by atoms with Gasteiger partial charge in [-0.25, -0.2) is 18.6 Å². The van der Waals surface area contributed by atoms with Gasteiger partial charge in [0, 0.05) is 43.8 Å². The lowest BCUT2D eigenvalue weighted by atomic mass is 10.2. The highest BCUT2D eigenvalue weighted by atomic mass is 32.1. The Bertz CT molecular complexity index is 774. The van der Waals surface area contributed by atoms with Crippen LogP contribution >= 0.6 is 11.3 Å². The van der Waals surface area contributed by atoms with E-state index in [4.69, 9.17) is 0 Å². The van der Waals surface area contributed by atoms with Gasteiger partial charge in [0.05, 0.1) is 11.7 Å². The lowest BCUT2D eigenvalue weighted by molar-refractivity contribution is 0.188. The first kappa shape index (κ1) is 17.2. The number of nitrogens with zero attached hydrogens (tertiary/aromatic N) is 3. The second-order valence-electron chi connectivity index (χ2n) is 6.70. The number of anilines is 1. The number of hydrogen-bond donors (Lipinski definition) is 1. The number of halogens is 2. The van der Waals surface area contributed by atoms with E-state index >= 15 is 0 Å². The summed E-state index contributed by atoms with van der Waals surface area (Å²) in [5.74, 6) is -0.438. The van der Waals surface area contributed by atoms with Crippen LogP contribution in [0.3, 0.4) is 0 Å². The van der Waals surface area contributed by atoms with Crippen molar-refractivity contribution in [2.75, 3.05) is 31.1 Å². The van der Waals surface area contributed by atoms with Crippen molar-refractivity contribution >= 4 is 23.1 Å². The molecule has 1 aliphatic heterocycles. The predicted molar refractivity (Wildman–Crippen MR) is 96.3 cm³/mol. The molecule has 4 rings (SSSR count). The summed E-state index contributed by atoms with van der Waals surface area (Å²) >= 11 is 1.56. The van der Waals surface area contributed by atoms with Crippen LogP contribution in [0, 0.1) is 17.6 Å². The molecule has 2 fully saturated rings. The first-order chi connectivity index (χ1) is 12.6. The molecule has 138 valence electrons. The summed E-state index contributed by atoms with van der Waals surface area (Å²) in [5.41, 5.74) is 0.253. The molecule has 2 aliphatic rings. The van der Waals surface area contributed by atoms with Crippen LogP contribution in [0.4, 0.5) is 19.3 Å². The molecule has 0 bridgehead atoms. The van der Waals surface area contributed by atoms with Crippen LogP contribution in [0.15, 0.2) is 29.8 Å². The normalized spacial score (nSPS) is 18.7. The third-order valence-electron chi connectivity index (χ3n) is 4.91. The Labute approximate surface area is 154 Å². The number of thiazole rings is 1. The van der Waals surface area contributed by atoms with Gasteiger partial charge in [-0.05, 0) is 30.9 Å². The number of carbonyl (C=O) groups is 1. The largest absolute Gasteiger partial charge is 0.366 e. The molecule has 1 unspecified atom stereocenters. The first-order valence-corrected chi connectivity index (χ1v) is 9.64. The van der Waals surface area contributed by atoms with Gasteiger partial charge < -0.3 is 15.1 Å². The number of nitrogens with one attached hydrogen (secondary N) is 1. The molecular formula is C18H20F2N4OS. The van der Waals surface area contributed by atoms with Crippen LogP contribution in [0.25, 0.3) is 0 Å². The van der Waals surface area contributed by atoms with Crippen LogP contribution in [0.5, 0.6) is 0 Å². The smallest absolute Gasteiger partial charge is 0.318 e. The van der Waals surface area contributed by atoms with E-state index in [0.29, 0.717) is 32.1 Å². The van der Waals surface area contributed by atoms with Crippen molar-refractivity contribution in [2.45, 2.75) is 18.9 Å². The molecule has 0 radical (unpaired) electrons. The summed E-state index contributed by atoms with van der Waals surface area (Å²) in [6.45, 7) is 1.88. The van der Waals surface area contributed by atoms with E-state index in [-0.39, 0.29) is 17.8 Å². The Morgan fingerprint density at radius 1 is 1.23 bits per heavy atom. The molecule has 1 saturated carbocycles. The van der Waals surface area contributed by atoms with Crippen LogP contribution in [0.1, 0.15) is 23.9 Å². The van der Waals surface area contributed by atoms with Gasteiger partial charge in [0.2, 0.25) is 0 Å². The molecule has 1 aromatic heterocycles. The lowest BCUT2D eigenvalue weighted by Gasteiger charge is -2.36. The maximum Gasteiger partial charge on any atom is 0.318 e. The second kappa shape index (κ2) is 7.19. The minimum atomic E-state index is -0.461. The van der Waals surface area contributed by atoms with Crippen molar-refractivity contribution in [3.63, 3.8) is 0 Å². The van der Waals surface area contributed by atoms with Crippen LogP contribution < -0.4 is 10.2 Å². The average molecular weight is 378 g/mol. The van der Waals surface area contributed by atoms with E-state index in [1.807, 2.05) is 5.38 Å². The summed E-state index contributed by atoms with van der Waals surface area (Å²) in [7, 11) is 0. The van der Waals surface area contributed by atoms with Gasteiger partial charge in [-0.3, -0.25) is 0 Å². The first-order valence-electron chi connectivity index (χ1n) is 8.76. The molecule has 1 saturated heterocycles. The maximum absolute atomic E-state index is 13.9. The Hall–Kier alpha value is -2.22. The minimum Gasteiger partial charge on any atom is -0.366 e. The zero-order valence-corrected chi connectivity index (χ0v) is 15.0. The number of aromatic nitrogens is 1. The molecule has 26 heavy (non-hydrogen) atoms. The number of hydrogen-bond acceptors (Lipinski definition) is 4. The number of carbonyl (C=O) groups excluding carboxylic acids is 1. The van der Waals surface area contributed by atoms with Crippen molar-refractivity contribution in [3.8, 4) is 0 Å². The molecule has 5 nitrogen and oxygen atoms in total. The fourth-order valence-corrected chi connectivity index (χ4v) is 4.08. The van der Waals surface area contributed by atoms with Crippen molar-refractivity contribution < 1.29 is 13.6 Å². The van der Waals surface area contributed by atoms with E-state index in [2.05, 4.69) is 10.3 Å². The molecule has 1 N–H and O–H groups in total. The summed E-state index contributed by atoms with van der Waals surface area (Å²) < 4.78 is 27.3. The van der Waals surface area contributed by atoms with Gasteiger partial charge in [0.1, 0.15) is 16.6 Å². The second-order valence-corrected chi connectivity index (χ2v) is 7.63. The molecule has 2 heterocycles. The Kier molecular flexibility index (Phi) is 4.76. The third-order valence-corrected chi connectivity index (χ3v) is 5.76. The van der Waals surface area contributed by atoms with Gasteiger partial charge in [-0.1, -0.05) is 0 Å². The number of amides is 2. The molecular weight excluding hydrogens is 358 g/mol. The minimum absolute atomic E-state index is 0.0267. The Balaban J connectivity index is 1.37. The van der Waals surface area contributed by atoms with Gasteiger partial charge >= 0.3 is 6.03 Å². The van der Waals surface area contributed by atoms with Gasteiger partial charge in [-0.15, -0.1) is 11.3 Å². The SMILES string of the molecule is O=C(NC(c1nccs1)C1CC1)N1CCN(c2cc(F)ccc2F)CC1. The fraction of sp³-hybridized carbons (Fsp3) is 0.444. The average Bonchev–Trinajstić information content (AvgIpc) is 3.35. The number of rotatable bonds is 4. The highest BCUT2D eigenvalue weighted by Crippen LogP contribution is 2.41. The predicted octanol–water partition coefficient (Wildman–Crippen LogP) is 3.40. The highest BCUT2D eigenvalue weighted by Gasteiger charge is 2.36. The lowest BCUT2D eigenvalue weighted by Crippen LogP contribution is -2.52. The number of urea groups is 1. The fourth-order valence-electron chi connectivity index (χ4n) is 3.30. The summed E-state index contributed by atoms with van der Waals surface area (Å²) in [6, 6.07) is 3.31. The molecule has 0 spiro atoms. The Morgan fingerprint density at radius 3 is 2.65 bits per heavy atom. The third kappa shape index (κ3) is 3.65. The van der Waals surface area contributed by atoms with Crippen LogP contribution in [0.2, 0.25) is 0 Å². The molecule has 1 atom stereocenters. The quantitative estimate of drug-likeness (QED) is 0.887. The molecule has 1 aromatic carbocycles. The van der Waals surface area contributed by atoms with E-state index < -0.39 is 11.6 Å². The van der Waals surface area contributed by atoms with Crippen LogP contribution in [-0.2, 0) is 0 Å². The van der Waals surface area contributed by atoms with Crippen LogP contribution in [-0.4, -0.2) is 42.1 Å². The molecule has 2 aromatic rings. The zero-order chi connectivity index (χ0) is 18.1. The van der Waals surface area contributed by atoms with E-state index in [1.54, 1.807) is 27.3 Å². The highest BCUT2D eigenvalue weighted by molar-refractivity contribution is 7.09. The van der Waals surface area contributed by atoms with E-state index in [9.17, 15) is 13.6 Å². The van der Waals surface area contributed by atoms with Gasteiger partial charge in [0.25, 0.3) is 0 Å². The van der Waals surface area contributed by atoms with Crippen molar-refractivity contribution in [2.24, 2.45) is 5.92 Å².